The summed E-state index contributed by atoms with van der Waals surface area (Å²) in [6.45, 7) is 0.753. The van der Waals surface area contributed by atoms with Gasteiger partial charge in [0.15, 0.2) is 0 Å². The van der Waals surface area contributed by atoms with Gasteiger partial charge in [-0.15, -0.1) is 0 Å². The minimum absolute atomic E-state index is 0.753. The number of hydrogen-bond acceptors (Lipinski definition) is 3. The third-order valence-electron chi connectivity index (χ3n) is 0.256. The first kappa shape index (κ1) is 5.27. The molecule has 0 aromatic carbocycles. The van der Waals surface area contributed by atoms with Crippen molar-refractivity contribution in [3.05, 3.63) is 0 Å². The first-order valence-electron chi connectivity index (χ1n) is 1.43. The predicted molar refractivity (Wildman–Crippen MR) is 26.0 cm³/mol. The molecule has 5 heavy (non-hydrogen) atoms. The van der Waals surface area contributed by atoms with E-state index in [9.17, 15) is 0 Å². The van der Waals surface area contributed by atoms with E-state index in [0.717, 1.165) is 6.67 Å². The molecule has 0 bridgehead atoms. The molecular formula is C2H8N2S. The second-order valence-corrected chi connectivity index (χ2v) is 1.00. The van der Waals surface area contributed by atoms with Gasteiger partial charge < -0.3 is 5.32 Å². The van der Waals surface area contributed by atoms with Crippen LogP contribution < -0.4 is 10.0 Å². The Balaban J connectivity index is 2.19. The zero-order valence-corrected chi connectivity index (χ0v) is 4.05. The van der Waals surface area contributed by atoms with Crippen LogP contribution >= 0.6 is 12.8 Å². The molecule has 2 nitrogen and oxygen atoms in total. The van der Waals surface area contributed by atoms with E-state index in [4.69, 9.17) is 0 Å². The molecule has 0 saturated carbocycles. The highest BCUT2D eigenvalue weighted by Gasteiger charge is 1.61. The van der Waals surface area contributed by atoms with Gasteiger partial charge in [-0.3, -0.25) is 4.72 Å². The van der Waals surface area contributed by atoms with Crippen LogP contribution in [0.5, 0.6) is 0 Å². The fourth-order valence-electron chi connectivity index (χ4n) is 0.0791. The zero-order chi connectivity index (χ0) is 4.12. The highest BCUT2D eigenvalue weighted by Crippen LogP contribution is 1.47. The van der Waals surface area contributed by atoms with Gasteiger partial charge in [0.2, 0.25) is 0 Å². The van der Waals surface area contributed by atoms with Gasteiger partial charge in [0.05, 0.1) is 6.67 Å². The summed E-state index contributed by atoms with van der Waals surface area (Å²) >= 11 is 3.69. The molecule has 32 valence electrons. The molecule has 0 heterocycles. The molecule has 0 rings (SSSR count). The van der Waals surface area contributed by atoms with Crippen molar-refractivity contribution < 1.29 is 0 Å². The van der Waals surface area contributed by atoms with Crippen LogP contribution in [0.15, 0.2) is 0 Å². The number of rotatable bonds is 2. The normalized spacial score (nSPS) is 8.40. The Kier molecular flexibility index (Phi) is 4.50. The van der Waals surface area contributed by atoms with E-state index >= 15 is 0 Å². The van der Waals surface area contributed by atoms with Gasteiger partial charge in [-0.25, -0.2) is 0 Å². The second-order valence-electron chi connectivity index (χ2n) is 0.688. The Morgan fingerprint density at radius 3 is 2.40 bits per heavy atom. The summed E-state index contributed by atoms with van der Waals surface area (Å²) in [5.41, 5.74) is 0. The van der Waals surface area contributed by atoms with Gasteiger partial charge in [0.25, 0.3) is 0 Å². The molecule has 0 aromatic heterocycles. The Labute approximate surface area is 37.5 Å². The lowest BCUT2D eigenvalue weighted by Crippen LogP contribution is -2.17. The average Bonchev–Trinajstić information content (AvgIpc) is 1.41. The summed E-state index contributed by atoms with van der Waals surface area (Å²) in [6.07, 6.45) is 0. The molecule has 2 N–H and O–H groups in total. The fourth-order valence-corrected chi connectivity index (χ4v) is 0.237. The average molecular weight is 92.2 g/mol. The number of nitrogens with one attached hydrogen (secondary N) is 2. The maximum absolute atomic E-state index is 3.69. The van der Waals surface area contributed by atoms with Crippen molar-refractivity contribution in [1.82, 2.24) is 10.0 Å². The molecule has 0 radical (unpaired) electrons. The lowest BCUT2D eigenvalue weighted by atomic mass is 11.1. The smallest absolute Gasteiger partial charge is 0.0547 e. The Hall–Kier alpha value is 0.270. The first-order valence-corrected chi connectivity index (χ1v) is 1.88. The van der Waals surface area contributed by atoms with E-state index in [-0.39, 0.29) is 0 Å². The molecule has 0 amide bonds. The molecule has 0 unspecified atom stereocenters. The van der Waals surface area contributed by atoms with Crippen molar-refractivity contribution in [1.29, 1.82) is 0 Å². The van der Waals surface area contributed by atoms with Crippen LogP contribution in [0, 0.1) is 0 Å². The van der Waals surface area contributed by atoms with Crippen molar-refractivity contribution >= 4 is 12.8 Å². The Morgan fingerprint density at radius 1 is 1.80 bits per heavy atom. The molecule has 0 atom stereocenters. The molecule has 0 fully saturated rings. The third-order valence-corrected chi connectivity index (χ3v) is 0.414. The number of thiol groups is 1. The molecule has 0 spiro atoms. The van der Waals surface area contributed by atoms with Crippen molar-refractivity contribution in [2.45, 2.75) is 0 Å². The fraction of sp³-hybridized carbons (Fsp3) is 1.00. The molecule has 3 heteroatoms. The summed E-state index contributed by atoms with van der Waals surface area (Å²) in [4.78, 5) is 0. The Morgan fingerprint density at radius 2 is 2.40 bits per heavy atom. The Bertz CT molecular complexity index is 15.1. The van der Waals surface area contributed by atoms with Crippen LogP contribution in [0.4, 0.5) is 0 Å². The third kappa shape index (κ3) is 4.27. The van der Waals surface area contributed by atoms with E-state index in [0.29, 0.717) is 0 Å². The summed E-state index contributed by atoms with van der Waals surface area (Å²) in [5.74, 6) is 0. The maximum atomic E-state index is 3.69. The lowest BCUT2D eigenvalue weighted by Gasteiger charge is -1.87. The summed E-state index contributed by atoms with van der Waals surface area (Å²) < 4.78 is 2.60. The van der Waals surface area contributed by atoms with Crippen LogP contribution in [0.1, 0.15) is 0 Å². The molecule has 0 aliphatic heterocycles. The molecule has 0 aromatic rings. The van der Waals surface area contributed by atoms with Gasteiger partial charge >= 0.3 is 0 Å². The predicted octanol–water partition coefficient (Wildman–Crippen LogP) is -0.402. The zero-order valence-electron chi connectivity index (χ0n) is 3.15. The van der Waals surface area contributed by atoms with Crippen LogP contribution in [0.2, 0.25) is 0 Å². The maximum Gasteiger partial charge on any atom is 0.0547 e. The standard InChI is InChI=1S/C2H8N2S/c1-3-2-4-5/h3-5H,2H2,1H3. The highest BCUT2D eigenvalue weighted by atomic mass is 32.1. The van der Waals surface area contributed by atoms with Crippen LogP contribution in [0.25, 0.3) is 0 Å². The highest BCUT2D eigenvalue weighted by molar-refractivity contribution is 7.78. The van der Waals surface area contributed by atoms with Crippen molar-refractivity contribution in [3.63, 3.8) is 0 Å². The summed E-state index contributed by atoms with van der Waals surface area (Å²) in [6, 6.07) is 0. The second kappa shape index (κ2) is 4.27. The monoisotopic (exact) mass is 92.0 g/mol. The molecule has 0 saturated heterocycles. The minimum Gasteiger partial charge on any atom is -0.307 e. The van der Waals surface area contributed by atoms with Crippen molar-refractivity contribution in [2.24, 2.45) is 0 Å². The van der Waals surface area contributed by atoms with Crippen LogP contribution in [-0.4, -0.2) is 13.7 Å². The largest absolute Gasteiger partial charge is 0.307 e. The van der Waals surface area contributed by atoms with Crippen LogP contribution in [0.3, 0.4) is 0 Å². The minimum atomic E-state index is 0.753. The van der Waals surface area contributed by atoms with Gasteiger partial charge in [-0.1, -0.05) is 12.8 Å². The molecule has 0 aliphatic carbocycles. The van der Waals surface area contributed by atoms with Crippen molar-refractivity contribution in [2.75, 3.05) is 13.7 Å². The van der Waals surface area contributed by atoms with E-state index in [1.165, 1.54) is 0 Å². The SMILES string of the molecule is CNCNS. The van der Waals surface area contributed by atoms with Gasteiger partial charge in [-0.05, 0) is 7.05 Å². The van der Waals surface area contributed by atoms with Gasteiger partial charge in [0.1, 0.15) is 0 Å². The van der Waals surface area contributed by atoms with Crippen molar-refractivity contribution in [3.8, 4) is 0 Å². The quantitative estimate of drug-likeness (QED) is 0.319. The van der Waals surface area contributed by atoms with E-state index in [1.807, 2.05) is 7.05 Å². The van der Waals surface area contributed by atoms with Gasteiger partial charge in [-0.2, -0.15) is 0 Å². The molecule has 0 aliphatic rings. The van der Waals surface area contributed by atoms with Gasteiger partial charge in [0, 0.05) is 0 Å². The molecular weight excluding hydrogens is 84.1 g/mol. The lowest BCUT2D eigenvalue weighted by molar-refractivity contribution is 0.793. The van der Waals surface area contributed by atoms with E-state index in [2.05, 4.69) is 22.9 Å². The van der Waals surface area contributed by atoms with Crippen LogP contribution in [-0.2, 0) is 0 Å². The summed E-state index contributed by atoms with van der Waals surface area (Å²) in [7, 11) is 1.85. The van der Waals surface area contributed by atoms with E-state index < -0.39 is 0 Å². The summed E-state index contributed by atoms with van der Waals surface area (Å²) in [5, 5.41) is 2.83. The van der Waals surface area contributed by atoms with E-state index in [1.54, 1.807) is 0 Å². The number of hydrogen-bond donors (Lipinski definition) is 3. The first-order chi connectivity index (χ1) is 2.41. The topological polar surface area (TPSA) is 24.1 Å².